The summed E-state index contributed by atoms with van der Waals surface area (Å²) in [6.45, 7) is 5.98. The van der Waals surface area contributed by atoms with Crippen molar-refractivity contribution in [3.8, 4) is 0 Å². The van der Waals surface area contributed by atoms with Gasteiger partial charge in [-0.2, -0.15) is 0 Å². The first-order chi connectivity index (χ1) is 7.22. The molecule has 0 aliphatic rings. The Kier molecular flexibility index (Phi) is 11.0. The van der Waals surface area contributed by atoms with Crippen LogP contribution in [0.15, 0.2) is 0 Å². The molecule has 91 valence electrons. The van der Waals surface area contributed by atoms with Crippen LogP contribution in [0.1, 0.15) is 64.7 Å². The van der Waals surface area contributed by atoms with E-state index in [0.717, 1.165) is 19.3 Å². The average Bonchev–Trinajstić information content (AvgIpc) is 2.21. The fourth-order valence-electron chi connectivity index (χ4n) is 1.86. The molecule has 2 heteroatoms. The molecule has 1 nitrogen and oxygen atoms in total. The predicted octanol–water partition coefficient (Wildman–Crippen LogP) is 4.10. The Bertz CT molecular complexity index is 126. The molecule has 0 aliphatic heterocycles. The molecule has 0 fully saturated rings. The van der Waals surface area contributed by atoms with Crippen LogP contribution in [0.4, 0.5) is 0 Å². The van der Waals surface area contributed by atoms with Crippen LogP contribution in [0, 0.1) is 6.92 Å². The molecule has 0 aromatic rings. The molecule has 15 heavy (non-hydrogen) atoms. The summed E-state index contributed by atoms with van der Waals surface area (Å²) < 4.78 is 11.3. The molecular formula is C13H27OS. The second-order valence-electron chi connectivity index (χ2n) is 4.29. The SMILES string of the molecule is [CH2]CCCCCCCCC(CC)[S+](C)[O-]. The van der Waals surface area contributed by atoms with Crippen LogP contribution in [-0.4, -0.2) is 16.1 Å². The number of hydrogen-bond acceptors (Lipinski definition) is 1. The quantitative estimate of drug-likeness (QED) is 0.410. The maximum Gasteiger partial charge on any atom is 0.115 e. The number of unbranched alkanes of at least 4 members (excludes halogenated alkanes) is 6. The van der Waals surface area contributed by atoms with E-state index in [-0.39, 0.29) is 0 Å². The summed E-state index contributed by atoms with van der Waals surface area (Å²) in [6, 6.07) is 0. The van der Waals surface area contributed by atoms with Gasteiger partial charge in [0.2, 0.25) is 0 Å². The first-order valence-electron chi connectivity index (χ1n) is 6.33. The fourth-order valence-corrected chi connectivity index (χ4v) is 2.83. The standard InChI is InChI=1S/C13H27OS/c1-4-6-7-8-9-10-11-12-13(5-2)15(3)14/h13H,1,4-12H2,2-3H3. The second kappa shape index (κ2) is 10.8. The topological polar surface area (TPSA) is 23.1 Å². The third kappa shape index (κ3) is 9.25. The minimum Gasteiger partial charge on any atom is -0.616 e. The molecule has 0 spiro atoms. The van der Waals surface area contributed by atoms with Crippen LogP contribution in [0.5, 0.6) is 0 Å². The summed E-state index contributed by atoms with van der Waals surface area (Å²) in [4.78, 5) is 0. The third-order valence-electron chi connectivity index (χ3n) is 2.95. The molecule has 0 bridgehead atoms. The predicted molar refractivity (Wildman–Crippen MR) is 70.4 cm³/mol. The zero-order valence-electron chi connectivity index (χ0n) is 10.5. The van der Waals surface area contributed by atoms with Gasteiger partial charge < -0.3 is 4.55 Å². The van der Waals surface area contributed by atoms with Gasteiger partial charge in [0.1, 0.15) is 5.25 Å². The van der Waals surface area contributed by atoms with Crippen molar-refractivity contribution in [2.24, 2.45) is 0 Å². The van der Waals surface area contributed by atoms with Gasteiger partial charge in [-0.1, -0.05) is 63.5 Å². The van der Waals surface area contributed by atoms with Crippen molar-refractivity contribution in [2.45, 2.75) is 70.0 Å². The highest BCUT2D eigenvalue weighted by Gasteiger charge is 2.14. The molecule has 1 radical (unpaired) electrons. The van der Waals surface area contributed by atoms with Crippen molar-refractivity contribution < 1.29 is 4.55 Å². The van der Waals surface area contributed by atoms with Crippen LogP contribution in [0.2, 0.25) is 0 Å². The van der Waals surface area contributed by atoms with Gasteiger partial charge in [0, 0.05) is 0 Å². The van der Waals surface area contributed by atoms with E-state index in [1.807, 2.05) is 6.26 Å². The van der Waals surface area contributed by atoms with E-state index in [1.54, 1.807) is 0 Å². The lowest BCUT2D eigenvalue weighted by atomic mass is 10.1. The van der Waals surface area contributed by atoms with Crippen molar-refractivity contribution in [1.82, 2.24) is 0 Å². The Morgan fingerprint density at radius 3 is 2.07 bits per heavy atom. The Morgan fingerprint density at radius 2 is 1.60 bits per heavy atom. The van der Waals surface area contributed by atoms with Crippen molar-refractivity contribution in [3.05, 3.63) is 6.92 Å². The first-order valence-corrected chi connectivity index (χ1v) is 7.96. The molecule has 2 atom stereocenters. The van der Waals surface area contributed by atoms with E-state index in [4.69, 9.17) is 0 Å². The highest BCUT2D eigenvalue weighted by molar-refractivity contribution is 7.91. The van der Waals surface area contributed by atoms with Gasteiger partial charge in [-0.25, -0.2) is 0 Å². The Balaban J connectivity index is 3.22. The average molecular weight is 231 g/mol. The zero-order chi connectivity index (χ0) is 11.5. The van der Waals surface area contributed by atoms with Crippen molar-refractivity contribution in [2.75, 3.05) is 6.26 Å². The summed E-state index contributed by atoms with van der Waals surface area (Å²) in [5, 5.41) is 0.435. The van der Waals surface area contributed by atoms with Crippen molar-refractivity contribution in [1.29, 1.82) is 0 Å². The van der Waals surface area contributed by atoms with Crippen LogP contribution in [0.25, 0.3) is 0 Å². The molecule has 0 saturated heterocycles. The third-order valence-corrected chi connectivity index (χ3v) is 4.46. The Hall–Kier alpha value is 0.310. The molecule has 0 saturated carbocycles. The lowest BCUT2D eigenvalue weighted by Gasteiger charge is -2.16. The van der Waals surface area contributed by atoms with Crippen molar-refractivity contribution >= 4 is 11.2 Å². The zero-order valence-corrected chi connectivity index (χ0v) is 11.3. The van der Waals surface area contributed by atoms with Crippen LogP contribution in [0.3, 0.4) is 0 Å². The van der Waals surface area contributed by atoms with Crippen LogP contribution < -0.4 is 0 Å². The number of hydrogen-bond donors (Lipinski definition) is 0. The van der Waals surface area contributed by atoms with E-state index in [2.05, 4.69) is 13.8 Å². The van der Waals surface area contributed by atoms with E-state index in [9.17, 15) is 4.55 Å². The normalized spacial score (nSPS) is 15.2. The van der Waals surface area contributed by atoms with Gasteiger partial charge >= 0.3 is 0 Å². The van der Waals surface area contributed by atoms with Gasteiger partial charge in [0.25, 0.3) is 0 Å². The maximum absolute atomic E-state index is 11.3. The van der Waals surface area contributed by atoms with Gasteiger partial charge in [-0.15, -0.1) is 0 Å². The Labute approximate surface area is 99.2 Å². The monoisotopic (exact) mass is 231 g/mol. The largest absolute Gasteiger partial charge is 0.616 e. The molecule has 2 unspecified atom stereocenters. The van der Waals surface area contributed by atoms with Gasteiger partial charge in [-0.05, 0) is 19.3 Å². The molecule has 0 aromatic carbocycles. The lowest BCUT2D eigenvalue weighted by Crippen LogP contribution is -2.18. The summed E-state index contributed by atoms with van der Waals surface area (Å²) in [5.41, 5.74) is 0. The molecule has 0 N–H and O–H groups in total. The summed E-state index contributed by atoms with van der Waals surface area (Å²) >= 11 is -0.622. The Morgan fingerprint density at radius 1 is 1.07 bits per heavy atom. The second-order valence-corrected chi connectivity index (χ2v) is 5.96. The molecule has 0 heterocycles. The van der Waals surface area contributed by atoms with E-state index < -0.39 is 11.2 Å². The smallest absolute Gasteiger partial charge is 0.115 e. The fraction of sp³-hybridized carbons (Fsp3) is 0.923. The maximum atomic E-state index is 11.3. The minimum atomic E-state index is -0.622. The van der Waals surface area contributed by atoms with Gasteiger partial charge in [-0.3, -0.25) is 0 Å². The molecule has 0 aromatic heterocycles. The van der Waals surface area contributed by atoms with E-state index in [0.29, 0.717) is 5.25 Å². The first kappa shape index (κ1) is 15.3. The minimum absolute atomic E-state index is 0.435. The van der Waals surface area contributed by atoms with Gasteiger partial charge in [0.05, 0.1) is 6.26 Å². The van der Waals surface area contributed by atoms with Crippen LogP contribution in [-0.2, 0) is 11.2 Å². The molecular weight excluding hydrogens is 204 g/mol. The summed E-state index contributed by atoms with van der Waals surface area (Å²) in [7, 11) is 0. The molecule has 0 rings (SSSR count). The van der Waals surface area contributed by atoms with Crippen molar-refractivity contribution in [3.63, 3.8) is 0 Å². The highest BCUT2D eigenvalue weighted by atomic mass is 32.2. The van der Waals surface area contributed by atoms with E-state index in [1.165, 1.54) is 38.5 Å². The molecule has 0 amide bonds. The van der Waals surface area contributed by atoms with E-state index >= 15 is 0 Å². The molecule has 0 aliphatic carbocycles. The number of rotatable bonds is 10. The van der Waals surface area contributed by atoms with Crippen LogP contribution >= 0.6 is 0 Å². The summed E-state index contributed by atoms with van der Waals surface area (Å²) in [6.07, 6.45) is 13.0. The highest BCUT2D eigenvalue weighted by Crippen LogP contribution is 2.15. The lowest BCUT2D eigenvalue weighted by molar-refractivity contribution is 0.541. The van der Waals surface area contributed by atoms with Gasteiger partial charge in [0.15, 0.2) is 0 Å². The summed E-state index contributed by atoms with van der Waals surface area (Å²) in [5.74, 6) is 0.